The SMILES string of the molecule is CCCCC/C=C/C/C=C/C/C=C/C/C=C/CCCC(=O)O[C@H](COC(=O)CCCCCCCCC)CO[C@H]1O[C@H](CS(=O)(=O)O)[C@@H](O)C(O)C1O. The molecule has 1 rings (SSSR count). The number of carbonyl (C=O) groups excluding carboxylic acids is 2. The van der Waals surface area contributed by atoms with Crippen molar-refractivity contribution >= 4 is 22.1 Å². The first kappa shape index (κ1) is 47.6. The van der Waals surface area contributed by atoms with Crippen LogP contribution in [0.2, 0.25) is 0 Å². The van der Waals surface area contributed by atoms with Crippen molar-refractivity contribution in [2.75, 3.05) is 19.0 Å². The number of unbranched alkanes of at least 4 members (excludes halogenated alkanes) is 10. The zero-order valence-electron chi connectivity index (χ0n) is 31.4. The van der Waals surface area contributed by atoms with Gasteiger partial charge < -0.3 is 34.3 Å². The van der Waals surface area contributed by atoms with Crippen molar-refractivity contribution in [1.29, 1.82) is 0 Å². The predicted octanol–water partition coefficient (Wildman–Crippen LogP) is 6.44. The summed E-state index contributed by atoms with van der Waals surface area (Å²) in [6.45, 7) is 3.59. The normalized spacial score (nSPS) is 21.8. The monoisotopic (exact) mass is 758 g/mol. The smallest absolute Gasteiger partial charge is 0.306 e. The molecule has 0 aliphatic carbocycles. The second-order valence-electron chi connectivity index (χ2n) is 13.2. The van der Waals surface area contributed by atoms with Gasteiger partial charge in [-0.3, -0.25) is 14.1 Å². The summed E-state index contributed by atoms with van der Waals surface area (Å²) in [4.78, 5) is 25.1. The van der Waals surface area contributed by atoms with E-state index in [1.807, 2.05) is 12.2 Å². The zero-order chi connectivity index (χ0) is 38.5. The molecule has 1 aliphatic heterocycles. The van der Waals surface area contributed by atoms with Crippen LogP contribution in [0.4, 0.5) is 0 Å². The van der Waals surface area contributed by atoms with Gasteiger partial charge in [-0.15, -0.1) is 0 Å². The predicted molar refractivity (Wildman–Crippen MR) is 201 cm³/mol. The van der Waals surface area contributed by atoms with Gasteiger partial charge in [-0.2, -0.15) is 8.42 Å². The molecule has 1 heterocycles. The van der Waals surface area contributed by atoms with Crippen molar-refractivity contribution in [3.05, 3.63) is 48.6 Å². The van der Waals surface area contributed by atoms with Crippen LogP contribution >= 0.6 is 0 Å². The van der Waals surface area contributed by atoms with E-state index in [9.17, 15) is 37.9 Å². The molecular weight excluding hydrogens is 692 g/mol. The molecule has 0 saturated carbocycles. The van der Waals surface area contributed by atoms with Gasteiger partial charge >= 0.3 is 11.9 Å². The minimum Gasteiger partial charge on any atom is -0.462 e. The summed E-state index contributed by atoms with van der Waals surface area (Å²) in [6, 6.07) is 0. The Morgan fingerprint density at radius 3 is 1.77 bits per heavy atom. The van der Waals surface area contributed by atoms with Crippen LogP contribution in [0.1, 0.15) is 129 Å². The highest BCUT2D eigenvalue weighted by atomic mass is 32.2. The standard InChI is InChI=1S/C39H66O12S/c1-3-5-7-9-11-12-13-14-15-16-17-18-19-20-22-24-26-28-35(41)50-32(29-48-34(40)27-25-23-21-10-8-6-4-2)30-49-39-38(44)37(43)36(42)33(51-39)31-52(45,46)47/h11-12,14-15,17-18,20,22,32-33,36-39,42-44H,3-10,13,16,19,21,23-31H2,1-2H3,(H,45,46,47)/b12-11+,15-14+,18-17+,22-20+/t32-,33-,36-,37?,38?,39+/m1/s1. The van der Waals surface area contributed by atoms with Crippen LogP contribution in [0.15, 0.2) is 48.6 Å². The number of rotatable bonds is 30. The first-order valence-corrected chi connectivity index (χ1v) is 20.8. The van der Waals surface area contributed by atoms with Crippen LogP contribution in [0.5, 0.6) is 0 Å². The molecule has 0 aromatic carbocycles. The maximum atomic E-state index is 12.7. The molecule has 0 amide bonds. The highest BCUT2D eigenvalue weighted by Crippen LogP contribution is 2.23. The summed E-state index contributed by atoms with van der Waals surface area (Å²) in [5, 5.41) is 30.7. The number of allylic oxidation sites excluding steroid dienone is 8. The van der Waals surface area contributed by atoms with E-state index in [2.05, 4.69) is 50.3 Å². The molecule has 0 radical (unpaired) electrons. The first-order chi connectivity index (χ1) is 25.0. The number of carbonyl (C=O) groups is 2. The number of aliphatic hydroxyl groups is 3. The fourth-order valence-electron chi connectivity index (χ4n) is 5.37. The largest absolute Gasteiger partial charge is 0.462 e. The Bertz CT molecular complexity index is 1170. The van der Waals surface area contributed by atoms with Gasteiger partial charge in [0.05, 0.1) is 6.61 Å². The summed E-state index contributed by atoms with van der Waals surface area (Å²) in [6.07, 6.45) is 23.5. The summed E-state index contributed by atoms with van der Waals surface area (Å²) in [5.41, 5.74) is 0. The van der Waals surface area contributed by atoms with Crippen molar-refractivity contribution in [1.82, 2.24) is 0 Å². The average Bonchev–Trinajstić information content (AvgIpc) is 3.10. The average molecular weight is 759 g/mol. The van der Waals surface area contributed by atoms with E-state index in [0.29, 0.717) is 19.3 Å². The van der Waals surface area contributed by atoms with Gasteiger partial charge in [0.15, 0.2) is 12.4 Å². The third kappa shape index (κ3) is 24.8. The molecule has 1 aliphatic rings. The lowest BCUT2D eigenvalue weighted by Crippen LogP contribution is -2.60. The topological polar surface area (TPSA) is 186 Å². The highest BCUT2D eigenvalue weighted by molar-refractivity contribution is 7.85. The van der Waals surface area contributed by atoms with Crippen molar-refractivity contribution in [2.45, 2.75) is 166 Å². The number of aliphatic hydroxyl groups excluding tert-OH is 3. The molecule has 0 bridgehead atoms. The number of esters is 2. The zero-order valence-corrected chi connectivity index (χ0v) is 32.2. The molecule has 0 aromatic heterocycles. The van der Waals surface area contributed by atoms with Gasteiger partial charge in [0, 0.05) is 12.8 Å². The molecule has 4 N–H and O–H groups in total. The minimum atomic E-state index is -4.60. The van der Waals surface area contributed by atoms with Crippen LogP contribution in [0.25, 0.3) is 0 Å². The summed E-state index contributed by atoms with van der Waals surface area (Å²) < 4.78 is 53.6. The van der Waals surface area contributed by atoms with Gasteiger partial charge in [-0.25, -0.2) is 0 Å². The highest BCUT2D eigenvalue weighted by Gasteiger charge is 2.46. The van der Waals surface area contributed by atoms with Crippen molar-refractivity contribution in [3.63, 3.8) is 0 Å². The van der Waals surface area contributed by atoms with E-state index < -0.39 is 71.2 Å². The second kappa shape index (κ2) is 30.0. The van der Waals surface area contributed by atoms with Crippen LogP contribution in [0.3, 0.4) is 0 Å². The van der Waals surface area contributed by atoms with Crippen LogP contribution in [0, 0.1) is 0 Å². The maximum Gasteiger partial charge on any atom is 0.306 e. The van der Waals surface area contributed by atoms with E-state index in [1.165, 1.54) is 32.1 Å². The minimum absolute atomic E-state index is 0.0877. The lowest BCUT2D eigenvalue weighted by molar-refractivity contribution is -0.297. The number of hydrogen-bond acceptors (Lipinski definition) is 11. The van der Waals surface area contributed by atoms with Crippen LogP contribution < -0.4 is 0 Å². The van der Waals surface area contributed by atoms with Crippen molar-refractivity contribution < 1.29 is 56.8 Å². The van der Waals surface area contributed by atoms with E-state index in [4.69, 9.17) is 18.9 Å². The molecule has 1 saturated heterocycles. The molecule has 2 unspecified atom stereocenters. The summed E-state index contributed by atoms with van der Waals surface area (Å²) in [5.74, 6) is -2.07. The first-order valence-electron chi connectivity index (χ1n) is 19.2. The third-order valence-corrected chi connectivity index (χ3v) is 9.16. The lowest BCUT2D eigenvalue weighted by atomic mass is 10.00. The van der Waals surface area contributed by atoms with Gasteiger partial charge in [0.1, 0.15) is 36.8 Å². The van der Waals surface area contributed by atoms with E-state index in [0.717, 1.165) is 51.4 Å². The number of ether oxygens (including phenoxy) is 4. The van der Waals surface area contributed by atoms with Crippen molar-refractivity contribution in [2.24, 2.45) is 0 Å². The van der Waals surface area contributed by atoms with Crippen LogP contribution in [-0.2, 0) is 38.7 Å². The summed E-state index contributed by atoms with van der Waals surface area (Å²) in [7, 11) is -4.60. The van der Waals surface area contributed by atoms with Crippen LogP contribution in [-0.4, -0.2) is 96.0 Å². The van der Waals surface area contributed by atoms with Gasteiger partial charge in [-0.05, 0) is 51.4 Å². The van der Waals surface area contributed by atoms with E-state index in [1.54, 1.807) is 0 Å². The quantitative estimate of drug-likeness (QED) is 0.0272. The summed E-state index contributed by atoms with van der Waals surface area (Å²) >= 11 is 0. The molecule has 52 heavy (non-hydrogen) atoms. The van der Waals surface area contributed by atoms with Crippen molar-refractivity contribution in [3.8, 4) is 0 Å². The Labute approximate surface area is 312 Å². The van der Waals surface area contributed by atoms with Gasteiger partial charge in [0.25, 0.3) is 10.1 Å². The van der Waals surface area contributed by atoms with E-state index in [-0.39, 0.29) is 19.4 Å². The molecule has 6 atom stereocenters. The molecule has 12 nitrogen and oxygen atoms in total. The number of hydrogen-bond donors (Lipinski definition) is 4. The molecule has 300 valence electrons. The Hall–Kier alpha value is -2.39. The maximum absolute atomic E-state index is 12.7. The Morgan fingerprint density at radius 1 is 0.654 bits per heavy atom. The molecule has 0 spiro atoms. The van der Waals surface area contributed by atoms with E-state index >= 15 is 0 Å². The lowest BCUT2D eigenvalue weighted by Gasteiger charge is -2.40. The second-order valence-corrected chi connectivity index (χ2v) is 14.7. The fourth-order valence-corrected chi connectivity index (χ4v) is 6.06. The Kier molecular flexibility index (Phi) is 27.5. The molecule has 1 fully saturated rings. The molecule has 0 aromatic rings. The van der Waals surface area contributed by atoms with Gasteiger partial charge in [-0.1, -0.05) is 114 Å². The Morgan fingerprint density at radius 2 is 1.17 bits per heavy atom. The van der Waals surface area contributed by atoms with Gasteiger partial charge in [0.2, 0.25) is 0 Å². The molecular formula is C39H66O12S. The Balaban J connectivity index is 2.55. The fraction of sp³-hybridized carbons (Fsp3) is 0.744. The third-order valence-electron chi connectivity index (χ3n) is 8.41. The molecule has 13 heteroatoms.